The largest absolute Gasteiger partial charge is 0.462 e. The Morgan fingerprint density at radius 1 is 1.02 bits per heavy atom. The standard InChI is InChI=1S/C34H48O9/c1-17(25-16-32(7)30(4,5)42-34(9,41-25)43-32)22-10-11-23-26-24(39-18(2)35)15-20-14-21(37)12-13-31(20,6)27(26)28(38)29(33(22,23)8)40-19(3)36/h12-14,17,22-29,38H,10-11,15-16H2,1-9H3/t17-,22+,23-,24+,25+,26+,27+,28+,29+,31-,32+,33+,34-/m0/s1. The number of aliphatic hydroxyl groups excluding tert-OH is 1. The zero-order chi connectivity index (χ0) is 31.5. The van der Waals surface area contributed by atoms with E-state index in [4.69, 9.17) is 23.7 Å². The van der Waals surface area contributed by atoms with E-state index in [1.807, 2.05) is 33.8 Å². The van der Waals surface area contributed by atoms with Gasteiger partial charge in [0.2, 0.25) is 0 Å². The van der Waals surface area contributed by atoms with Crippen LogP contribution in [-0.2, 0) is 38.1 Å². The molecule has 13 atom stereocenters. The first-order valence-corrected chi connectivity index (χ1v) is 15.9. The van der Waals surface area contributed by atoms with E-state index < -0.39 is 58.2 Å². The number of hydrogen-bond donors (Lipinski definition) is 1. The molecule has 6 aliphatic rings. The predicted molar refractivity (Wildman–Crippen MR) is 155 cm³/mol. The highest BCUT2D eigenvalue weighted by Crippen LogP contribution is 2.68. The minimum Gasteiger partial charge on any atom is -0.462 e. The molecular weight excluding hydrogens is 552 g/mol. The molecule has 2 bridgehead atoms. The smallest absolute Gasteiger partial charge is 0.303 e. The fraction of sp³-hybridized carbons (Fsp3) is 0.794. The maximum absolute atomic E-state index is 12.7. The molecule has 4 aliphatic carbocycles. The Labute approximate surface area is 254 Å². The van der Waals surface area contributed by atoms with Crippen molar-refractivity contribution < 1.29 is 43.2 Å². The van der Waals surface area contributed by atoms with Gasteiger partial charge in [-0.25, -0.2) is 0 Å². The van der Waals surface area contributed by atoms with Crippen LogP contribution in [0, 0.1) is 40.4 Å². The highest BCUT2D eigenvalue weighted by atomic mass is 16.9. The van der Waals surface area contributed by atoms with E-state index in [0.717, 1.165) is 18.4 Å². The minimum atomic E-state index is -1.16. The summed E-state index contributed by atoms with van der Waals surface area (Å²) in [6.07, 6.45) is 5.29. The monoisotopic (exact) mass is 600 g/mol. The van der Waals surface area contributed by atoms with Crippen LogP contribution < -0.4 is 0 Å². The van der Waals surface area contributed by atoms with Gasteiger partial charge in [0.1, 0.15) is 17.8 Å². The fourth-order valence-corrected chi connectivity index (χ4v) is 10.5. The second kappa shape index (κ2) is 9.71. The number of hydrogen-bond acceptors (Lipinski definition) is 9. The first-order chi connectivity index (χ1) is 19.9. The zero-order valence-electron chi connectivity index (χ0n) is 27.0. The number of rotatable bonds is 4. The summed E-state index contributed by atoms with van der Waals surface area (Å²) in [4.78, 5) is 37.5. The second-order valence-electron chi connectivity index (χ2n) is 15.3. The summed E-state index contributed by atoms with van der Waals surface area (Å²) < 4.78 is 31.3. The summed E-state index contributed by atoms with van der Waals surface area (Å²) >= 11 is 0. The molecule has 2 heterocycles. The molecule has 9 heteroatoms. The number of carbonyl (C=O) groups is 3. The molecular formula is C34H48O9. The number of fused-ring (bicyclic) bond motifs is 7. The third-order valence-electron chi connectivity index (χ3n) is 12.6. The Hall–Kier alpha value is -2.07. The van der Waals surface area contributed by atoms with Gasteiger partial charge >= 0.3 is 11.9 Å². The van der Waals surface area contributed by atoms with E-state index in [9.17, 15) is 19.5 Å². The number of ether oxygens (including phenoxy) is 5. The molecule has 0 aromatic rings. The van der Waals surface area contributed by atoms with Crippen LogP contribution in [0.25, 0.3) is 0 Å². The quantitative estimate of drug-likeness (QED) is 0.460. The number of allylic oxidation sites excluding steroid dienone is 3. The molecule has 6 rings (SSSR count). The third kappa shape index (κ3) is 4.43. The van der Waals surface area contributed by atoms with E-state index in [1.54, 1.807) is 12.2 Å². The average Bonchev–Trinajstić information content (AvgIpc) is 3.28. The first kappa shape index (κ1) is 30.9. The van der Waals surface area contributed by atoms with Crippen LogP contribution in [0.1, 0.15) is 88.0 Å². The number of ketones is 1. The van der Waals surface area contributed by atoms with E-state index in [2.05, 4.69) is 20.8 Å². The molecule has 0 radical (unpaired) electrons. The lowest BCUT2D eigenvalue weighted by atomic mass is 9.44. The molecule has 2 saturated heterocycles. The van der Waals surface area contributed by atoms with Gasteiger partial charge in [-0.3, -0.25) is 14.4 Å². The van der Waals surface area contributed by atoms with Gasteiger partial charge in [-0.2, -0.15) is 0 Å². The molecule has 0 spiro atoms. The van der Waals surface area contributed by atoms with Crippen LogP contribution >= 0.6 is 0 Å². The van der Waals surface area contributed by atoms with Gasteiger partial charge in [0.25, 0.3) is 5.97 Å². The van der Waals surface area contributed by atoms with Crippen LogP contribution in [-0.4, -0.2) is 64.4 Å². The average molecular weight is 601 g/mol. The molecule has 5 fully saturated rings. The Morgan fingerprint density at radius 3 is 2.33 bits per heavy atom. The van der Waals surface area contributed by atoms with Crippen LogP contribution in [0.5, 0.6) is 0 Å². The molecule has 0 amide bonds. The molecule has 0 aromatic heterocycles. The van der Waals surface area contributed by atoms with E-state index in [-0.39, 0.29) is 41.5 Å². The van der Waals surface area contributed by atoms with Crippen molar-refractivity contribution >= 4 is 17.7 Å². The van der Waals surface area contributed by atoms with Crippen molar-refractivity contribution in [1.82, 2.24) is 0 Å². The summed E-state index contributed by atoms with van der Waals surface area (Å²) in [5.74, 6) is -2.69. The fourth-order valence-electron chi connectivity index (χ4n) is 10.5. The second-order valence-corrected chi connectivity index (χ2v) is 15.3. The van der Waals surface area contributed by atoms with E-state index in [0.29, 0.717) is 12.8 Å². The van der Waals surface area contributed by atoms with Crippen molar-refractivity contribution in [3.63, 3.8) is 0 Å². The number of carbonyl (C=O) groups excluding carboxylic acids is 3. The van der Waals surface area contributed by atoms with Gasteiger partial charge in [-0.15, -0.1) is 0 Å². The summed E-state index contributed by atoms with van der Waals surface area (Å²) in [7, 11) is 0. The topological polar surface area (TPSA) is 118 Å². The lowest BCUT2D eigenvalue weighted by Crippen LogP contribution is -2.67. The van der Waals surface area contributed by atoms with E-state index in [1.165, 1.54) is 13.8 Å². The lowest BCUT2D eigenvalue weighted by molar-refractivity contribution is -0.386. The van der Waals surface area contributed by atoms with Crippen molar-refractivity contribution in [3.05, 3.63) is 23.8 Å². The molecule has 9 nitrogen and oxygen atoms in total. The van der Waals surface area contributed by atoms with Crippen molar-refractivity contribution in [2.24, 2.45) is 40.4 Å². The summed E-state index contributed by atoms with van der Waals surface area (Å²) in [5.41, 5.74) is -1.52. The molecule has 238 valence electrons. The molecule has 3 saturated carbocycles. The van der Waals surface area contributed by atoms with Crippen LogP contribution in [0.4, 0.5) is 0 Å². The number of aliphatic hydroxyl groups is 1. The van der Waals surface area contributed by atoms with Crippen LogP contribution in [0.3, 0.4) is 0 Å². The molecule has 0 aromatic carbocycles. The molecule has 0 unspecified atom stereocenters. The Balaban J connectivity index is 1.42. The first-order valence-electron chi connectivity index (χ1n) is 15.9. The van der Waals surface area contributed by atoms with Crippen molar-refractivity contribution in [2.75, 3.05) is 0 Å². The minimum absolute atomic E-state index is 0.0121. The van der Waals surface area contributed by atoms with Crippen LogP contribution in [0.2, 0.25) is 0 Å². The summed E-state index contributed by atoms with van der Waals surface area (Å²) in [5, 5.41) is 12.4. The summed E-state index contributed by atoms with van der Waals surface area (Å²) in [6, 6.07) is 0. The maximum atomic E-state index is 12.7. The van der Waals surface area contributed by atoms with Gasteiger partial charge < -0.3 is 28.8 Å². The normalized spacial score (nSPS) is 50.2. The van der Waals surface area contributed by atoms with E-state index >= 15 is 0 Å². The van der Waals surface area contributed by atoms with Crippen molar-refractivity contribution in [3.8, 4) is 0 Å². The van der Waals surface area contributed by atoms with Gasteiger partial charge in [0, 0.05) is 56.3 Å². The summed E-state index contributed by atoms with van der Waals surface area (Å²) in [6.45, 7) is 17.2. The van der Waals surface area contributed by atoms with Gasteiger partial charge in [0.15, 0.2) is 5.78 Å². The maximum Gasteiger partial charge on any atom is 0.303 e. The number of esters is 2. The van der Waals surface area contributed by atoms with Crippen molar-refractivity contribution in [1.29, 1.82) is 0 Å². The molecule has 2 aliphatic heterocycles. The zero-order valence-corrected chi connectivity index (χ0v) is 27.0. The van der Waals surface area contributed by atoms with Gasteiger partial charge in [-0.1, -0.05) is 32.4 Å². The highest BCUT2D eigenvalue weighted by Gasteiger charge is 2.71. The predicted octanol–water partition coefficient (Wildman–Crippen LogP) is 4.65. The van der Waals surface area contributed by atoms with Crippen molar-refractivity contribution in [2.45, 2.75) is 130 Å². The Bertz CT molecular complexity index is 1280. The van der Waals surface area contributed by atoms with Gasteiger partial charge in [-0.05, 0) is 63.5 Å². The Kier molecular flexibility index (Phi) is 6.99. The third-order valence-corrected chi connectivity index (χ3v) is 12.6. The molecule has 43 heavy (non-hydrogen) atoms. The van der Waals surface area contributed by atoms with Gasteiger partial charge in [0.05, 0.1) is 17.8 Å². The van der Waals surface area contributed by atoms with Crippen LogP contribution in [0.15, 0.2) is 23.8 Å². The Morgan fingerprint density at radius 2 is 1.70 bits per heavy atom. The highest BCUT2D eigenvalue weighted by molar-refractivity contribution is 6.01. The molecule has 1 N–H and O–H groups in total. The lowest BCUT2D eigenvalue weighted by Gasteiger charge is -2.63. The SMILES string of the molecule is CC(=O)O[C@@H]1[C@H](O)[C@H]2[C@@H]([C@H](OC(C)=O)CC3=CC(=O)C=C[C@@]32C)[C@@H]2CC[C@H]([C@H](C)[C@H]3C[C@@]4(C)O[C@@](C)(O3)OC4(C)C)[C@@]12C.